The van der Waals surface area contributed by atoms with Gasteiger partial charge in [0, 0.05) is 37.7 Å². The number of thiophene rings is 1. The molecular formula is C20H18N4O4S. The van der Waals surface area contributed by atoms with Crippen LogP contribution in [0.5, 0.6) is 0 Å². The van der Waals surface area contributed by atoms with Gasteiger partial charge in [-0.15, -0.1) is 11.3 Å². The van der Waals surface area contributed by atoms with Crippen molar-refractivity contribution in [2.75, 3.05) is 10.6 Å². The molecule has 0 aliphatic rings. The van der Waals surface area contributed by atoms with Crippen LogP contribution in [0.3, 0.4) is 0 Å². The summed E-state index contributed by atoms with van der Waals surface area (Å²) in [4.78, 5) is 48.7. The SMILES string of the molecule is Cn1cc(/C=C/C(=O)Nc2cccc(NC(=O)c3cccs3)c2)c(=O)n(C)c1=O. The predicted molar refractivity (Wildman–Crippen MR) is 113 cm³/mol. The number of aryl methyl sites for hydroxylation is 1. The Morgan fingerprint density at radius 3 is 2.45 bits per heavy atom. The van der Waals surface area contributed by atoms with Gasteiger partial charge in [-0.2, -0.15) is 0 Å². The van der Waals surface area contributed by atoms with Crippen molar-refractivity contribution in [3.8, 4) is 0 Å². The third-order valence-corrected chi connectivity index (χ3v) is 4.89. The predicted octanol–water partition coefficient (Wildman–Crippen LogP) is 2.05. The number of carbonyl (C=O) groups is 2. The molecule has 0 radical (unpaired) electrons. The highest BCUT2D eigenvalue weighted by molar-refractivity contribution is 7.12. The lowest BCUT2D eigenvalue weighted by Gasteiger charge is -2.07. The van der Waals surface area contributed by atoms with Gasteiger partial charge in [0.1, 0.15) is 0 Å². The Morgan fingerprint density at radius 1 is 1.03 bits per heavy atom. The molecule has 9 heteroatoms. The van der Waals surface area contributed by atoms with Crippen molar-refractivity contribution < 1.29 is 9.59 Å². The minimum Gasteiger partial charge on any atom is -0.322 e. The molecule has 2 heterocycles. The maximum Gasteiger partial charge on any atom is 0.330 e. The van der Waals surface area contributed by atoms with E-state index in [4.69, 9.17) is 0 Å². The molecule has 29 heavy (non-hydrogen) atoms. The molecule has 2 aromatic heterocycles. The molecule has 0 atom stereocenters. The van der Waals surface area contributed by atoms with Crippen molar-refractivity contribution in [3.05, 3.63) is 85.3 Å². The van der Waals surface area contributed by atoms with Crippen LogP contribution in [0.15, 0.2) is 63.6 Å². The average molecular weight is 410 g/mol. The number of hydrogen-bond acceptors (Lipinski definition) is 5. The highest BCUT2D eigenvalue weighted by Crippen LogP contribution is 2.17. The van der Waals surface area contributed by atoms with Crippen LogP contribution in [0, 0.1) is 0 Å². The van der Waals surface area contributed by atoms with E-state index in [9.17, 15) is 19.2 Å². The Bertz CT molecular complexity index is 1210. The van der Waals surface area contributed by atoms with Crippen molar-refractivity contribution in [3.63, 3.8) is 0 Å². The molecule has 2 N–H and O–H groups in total. The normalized spacial score (nSPS) is 10.8. The number of amides is 2. The Morgan fingerprint density at radius 2 is 1.76 bits per heavy atom. The van der Waals surface area contributed by atoms with E-state index in [2.05, 4.69) is 10.6 Å². The van der Waals surface area contributed by atoms with Gasteiger partial charge in [0.25, 0.3) is 11.5 Å². The monoisotopic (exact) mass is 410 g/mol. The molecule has 2 amide bonds. The van der Waals surface area contributed by atoms with Crippen LogP contribution in [-0.4, -0.2) is 20.9 Å². The number of nitrogens with zero attached hydrogens (tertiary/aromatic N) is 2. The molecule has 3 aromatic rings. The first-order valence-electron chi connectivity index (χ1n) is 8.56. The summed E-state index contributed by atoms with van der Waals surface area (Å²) in [6, 6.07) is 10.2. The van der Waals surface area contributed by atoms with E-state index in [1.165, 1.54) is 48.3 Å². The van der Waals surface area contributed by atoms with Gasteiger partial charge < -0.3 is 15.2 Å². The fourth-order valence-corrected chi connectivity index (χ4v) is 3.19. The first-order valence-corrected chi connectivity index (χ1v) is 9.44. The van der Waals surface area contributed by atoms with Crippen LogP contribution >= 0.6 is 11.3 Å². The lowest BCUT2D eigenvalue weighted by Crippen LogP contribution is -2.37. The van der Waals surface area contributed by atoms with Crippen molar-refractivity contribution in [1.82, 2.24) is 9.13 Å². The van der Waals surface area contributed by atoms with Crippen LogP contribution in [0.2, 0.25) is 0 Å². The smallest absolute Gasteiger partial charge is 0.322 e. The maximum atomic E-state index is 12.2. The quantitative estimate of drug-likeness (QED) is 0.629. The summed E-state index contributed by atoms with van der Waals surface area (Å²) in [6.07, 6.45) is 3.92. The molecule has 0 saturated heterocycles. The van der Waals surface area contributed by atoms with Gasteiger partial charge in [0.05, 0.1) is 10.4 Å². The number of anilines is 2. The lowest BCUT2D eigenvalue weighted by molar-refractivity contribution is -0.111. The van der Waals surface area contributed by atoms with E-state index in [0.717, 1.165) is 4.57 Å². The third-order valence-electron chi connectivity index (χ3n) is 4.02. The summed E-state index contributed by atoms with van der Waals surface area (Å²) >= 11 is 1.33. The van der Waals surface area contributed by atoms with Crippen molar-refractivity contribution in [2.24, 2.45) is 14.1 Å². The Hall–Kier alpha value is -3.72. The molecule has 8 nitrogen and oxygen atoms in total. The van der Waals surface area contributed by atoms with Gasteiger partial charge in [-0.1, -0.05) is 12.1 Å². The van der Waals surface area contributed by atoms with Gasteiger partial charge in [-0.3, -0.25) is 19.0 Å². The van der Waals surface area contributed by atoms with Gasteiger partial charge in [-0.25, -0.2) is 4.79 Å². The van der Waals surface area contributed by atoms with Crippen molar-refractivity contribution in [2.45, 2.75) is 0 Å². The van der Waals surface area contributed by atoms with E-state index in [0.29, 0.717) is 16.3 Å². The number of carbonyl (C=O) groups excluding carboxylic acids is 2. The Balaban J connectivity index is 1.70. The summed E-state index contributed by atoms with van der Waals surface area (Å²) in [5, 5.41) is 7.25. The van der Waals surface area contributed by atoms with E-state index in [-0.39, 0.29) is 11.5 Å². The lowest BCUT2D eigenvalue weighted by atomic mass is 10.2. The van der Waals surface area contributed by atoms with E-state index >= 15 is 0 Å². The molecule has 0 saturated carbocycles. The van der Waals surface area contributed by atoms with Crippen molar-refractivity contribution in [1.29, 1.82) is 0 Å². The minimum atomic E-state index is -0.490. The zero-order chi connectivity index (χ0) is 21.0. The van der Waals surface area contributed by atoms with Crippen LogP contribution in [0.25, 0.3) is 6.08 Å². The highest BCUT2D eigenvalue weighted by Gasteiger charge is 2.08. The fraction of sp³-hybridized carbons (Fsp3) is 0.100. The second kappa shape index (κ2) is 8.53. The zero-order valence-corrected chi connectivity index (χ0v) is 16.5. The molecule has 3 rings (SSSR count). The molecule has 0 fully saturated rings. The minimum absolute atomic E-state index is 0.210. The molecule has 0 spiro atoms. The molecule has 0 bridgehead atoms. The van der Waals surface area contributed by atoms with E-state index < -0.39 is 17.2 Å². The van der Waals surface area contributed by atoms with E-state index in [1.54, 1.807) is 36.4 Å². The van der Waals surface area contributed by atoms with Crippen LogP contribution in [-0.2, 0) is 18.9 Å². The van der Waals surface area contributed by atoms with E-state index in [1.807, 2.05) is 5.38 Å². The highest BCUT2D eigenvalue weighted by atomic mass is 32.1. The molecule has 148 valence electrons. The fourth-order valence-electron chi connectivity index (χ4n) is 2.58. The largest absolute Gasteiger partial charge is 0.330 e. The maximum absolute atomic E-state index is 12.2. The molecule has 0 aliphatic carbocycles. The molecular weight excluding hydrogens is 392 g/mol. The Labute approximate surface area is 169 Å². The van der Waals surface area contributed by atoms with Crippen LogP contribution in [0.1, 0.15) is 15.2 Å². The average Bonchev–Trinajstić information content (AvgIpc) is 3.23. The van der Waals surface area contributed by atoms with Gasteiger partial charge >= 0.3 is 5.69 Å². The summed E-state index contributed by atoms with van der Waals surface area (Å²) < 4.78 is 2.23. The Kier molecular flexibility index (Phi) is 5.89. The number of aromatic nitrogens is 2. The topological polar surface area (TPSA) is 102 Å². The number of nitrogens with one attached hydrogen (secondary N) is 2. The summed E-state index contributed by atoms with van der Waals surface area (Å²) in [6.45, 7) is 0. The first kappa shape index (κ1) is 20.0. The zero-order valence-electron chi connectivity index (χ0n) is 15.7. The number of benzene rings is 1. The summed E-state index contributed by atoms with van der Waals surface area (Å²) in [7, 11) is 2.90. The second-order valence-electron chi connectivity index (χ2n) is 6.18. The van der Waals surface area contributed by atoms with Crippen LogP contribution < -0.4 is 21.9 Å². The van der Waals surface area contributed by atoms with Gasteiger partial charge in [0.2, 0.25) is 5.91 Å². The van der Waals surface area contributed by atoms with Crippen molar-refractivity contribution >= 4 is 40.6 Å². The second-order valence-corrected chi connectivity index (χ2v) is 7.12. The molecule has 0 aliphatic heterocycles. The third kappa shape index (κ3) is 4.77. The molecule has 1 aromatic carbocycles. The van der Waals surface area contributed by atoms with Crippen LogP contribution in [0.4, 0.5) is 11.4 Å². The summed E-state index contributed by atoms with van der Waals surface area (Å²) in [5.41, 5.74) is 0.296. The standard InChI is InChI=1S/C20H18N4O4S/c1-23-12-13(19(27)24(2)20(23)28)8-9-17(25)21-14-5-3-6-15(11-14)22-18(26)16-7-4-10-29-16/h3-12H,1-2H3,(H,21,25)(H,22,26)/b9-8+. The first-order chi connectivity index (χ1) is 13.8. The summed E-state index contributed by atoms with van der Waals surface area (Å²) in [5.74, 6) is -0.684. The van der Waals surface area contributed by atoms with Gasteiger partial charge in [-0.05, 0) is 35.7 Å². The molecule has 0 unspecified atom stereocenters. The van der Waals surface area contributed by atoms with Gasteiger partial charge in [0.15, 0.2) is 0 Å². The number of hydrogen-bond donors (Lipinski definition) is 2. The number of rotatable bonds is 5.